The Kier molecular flexibility index (Phi) is 4.74. The lowest BCUT2D eigenvalue weighted by Crippen LogP contribution is -2.13. The molecule has 0 saturated heterocycles. The van der Waals surface area contributed by atoms with E-state index < -0.39 is 6.10 Å². The van der Waals surface area contributed by atoms with Crippen LogP contribution in [0.25, 0.3) is 0 Å². The van der Waals surface area contributed by atoms with E-state index in [1.54, 1.807) is 18.0 Å². The van der Waals surface area contributed by atoms with Gasteiger partial charge in [-0.25, -0.2) is 0 Å². The van der Waals surface area contributed by atoms with E-state index in [1.165, 1.54) is 0 Å². The van der Waals surface area contributed by atoms with Crippen molar-refractivity contribution < 1.29 is 9.84 Å². The zero-order valence-electron chi connectivity index (χ0n) is 11.0. The molecule has 1 heterocycles. The summed E-state index contributed by atoms with van der Waals surface area (Å²) in [6, 6.07) is 7.84. The van der Waals surface area contributed by atoms with E-state index in [9.17, 15) is 5.11 Å². The highest BCUT2D eigenvalue weighted by Gasteiger charge is 2.19. The summed E-state index contributed by atoms with van der Waals surface area (Å²) in [6.07, 6.45) is 0.998. The maximum atomic E-state index is 10.5. The zero-order chi connectivity index (χ0) is 13.8. The average molecular weight is 325 g/mol. The Morgan fingerprint density at radius 3 is 2.95 bits per heavy atom. The molecule has 1 N–H and O–H groups in total. The molecule has 102 valence electrons. The number of halogens is 1. The van der Waals surface area contributed by atoms with Crippen LogP contribution in [-0.4, -0.2) is 28.6 Å². The minimum absolute atomic E-state index is 0.557. The fourth-order valence-corrected chi connectivity index (χ4v) is 2.51. The second-order valence-corrected chi connectivity index (χ2v) is 5.26. The van der Waals surface area contributed by atoms with E-state index in [0.717, 1.165) is 21.3 Å². The number of benzene rings is 1. The van der Waals surface area contributed by atoms with E-state index in [4.69, 9.17) is 4.74 Å². The number of hydrogen-bond acceptors (Lipinski definition) is 3. The summed E-state index contributed by atoms with van der Waals surface area (Å²) in [7, 11) is 1.65. The van der Waals surface area contributed by atoms with Crippen LogP contribution in [0.15, 0.2) is 34.9 Å². The van der Waals surface area contributed by atoms with Gasteiger partial charge < -0.3 is 9.84 Å². The number of rotatable bonds is 5. The van der Waals surface area contributed by atoms with Crippen molar-refractivity contribution in [2.24, 2.45) is 0 Å². The molecule has 2 rings (SSSR count). The molecule has 1 aromatic carbocycles. The summed E-state index contributed by atoms with van der Waals surface area (Å²) in [5, 5.41) is 14.8. The van der Waals surface area contributed by atoms with Crippen LogP contribution in [0.5, 0.6) is 0 Å². The summed E-state index contributed by atoms with van der Waals surface area (Å²) in [5.74, 6) is 0. The molecule has 0 radical (unpaired) electrons. The summed E-state index contributed by atoms with van der Waals surface area (Å²) in [6.45, 7) is 3.18. The minimum atomic E-state index is -0.700. The van der Waals surface area contributed by atoms with Crippen LogP contribution >= 0.6 is 15.9 Å². The Morgan fingerprint density at radius 1 is 1.47 bits per heavy atom. The van der Waals surface area contributed by atoms with Gasteiger partial charge in [-0.15, -0.1) is 0 Å². The molecule has 2 aromatic rings. The topological polar surface area (TPSA) is 47.3 Å². The Hall–Kier alpha value is -1.17. The highest BCUT2D eigenvalue weighted by molar-refractivity contribution is 9.10. The summed E-state index contributed by atoms with van der Waals surface area (Å²) < 4.78 is 7.62. The van der Waals surface area contributed by atoms with Crippen molar-refractivity contribution in [3.05, 3.63) is 51.8 Å². The van der Waals surface area contributed by atoms with Crippen LogP contribution in [0, 0.1) is 6.92 Å². The maximum absolute atomic E-state index is 10.5. The molecule has 4 nitrogen and oxygen atoms in total. The predicted octanol–water partition coefficient (Wildman–Crippen LogP) is 2.68. The van der Waals surface area contributed by atoms with Crippen molar-refractivity contribution >= 4 is 15.9 Å². The molecule has 19 heavy (non-hydrogen) atoms. The number of ether oxygens (including phenoxy) is 1. The maximum Gasteiger partial charge on any atom is 0.122 e. The van der Waals surface area contributed by atoms with Crippen LogP contribution in [0.1, 0.15) is 22.9 Å². The van der Waals surface area contributed by atoms with Gasteiger partial charge in [0.2, 0.25) is 0 Å². The van der Waals surface area contributed by atoms with Gasteiger partial charge in [-0.05, 0) is 28.4 Å². The lowest BCUT2D eigenvalue weighted by molar-refractivity contribution is 0.171. The number of hydrogen-bond donors (Lipinski definition) is 1. The first-order valence-electron chi connectivity index (χ1n) is 6.08. The smallest absolute Gasteiger partial charge is 0.122 e. The van der Waals surface area contributed by atoms with E-state index in [0.29, 0.717) is 13.2 Å². The monoisotopic (exact) mass is 324 g/mol. The third kappa shape index (κ3) is 3.23. The number of aliphatic hydroxyl groups is 1. The van der Waals surface area contributed by atoms with Crippen molar-refractivity contribution in [3.63, 3.8) is 0 Å². The molecule has 0 aliphatic carbocycles. The first-order valence-corrected chi connectivity index (χ1v) is 6.87. The van der Waals surface area contributed by atoms with E-state index in [2.05, 4.69) is 21.0 Å². The number of aromatic nitrogens is 2. The van der Waals surface area contributed by atoms with Gasteiger partial charge in [0.25, 0.3) is 0 Å². The standard InChI is InChI=1S/C14H17BrN2O2/c1-10-4-3-5-11(8-10)14(18)13-12(15)9-16-17(13)6-7-19-2/h3-5,8-9,14,18H,6-7H2,1-2H3. The summed E-state index contributed by atoms with van der Waals surface area (Å²) in [5.41, 5.74) is 2.73. The van der Waals surface area contributed by atoms with Crippen LogP contribution in [0.2, 0.25) is 0 Å². The minimum Gasteiger partial charge on any atom is -0.383 e. The van der Waals surface area contributed by atoms with E-state index >= 15 is 0 Å². The van der Waals surface area contributed by atoms with Crippen LogP contribution in [0.4, 0.5) is 0 Å². The second kappa shape index (κ2) is 6.32. The lowest BCUT2D eigenvalue weighted by Gasteiger charge is -2.15. The van der Waals surface area contributed by atoms with Gasteiger partial charge in [-0.2, -0.15) is 5.10 Å². The molecule has 0 spiro atoms. The van der Waals surface area contributed by atoms with Crippen molar-refractivity contribution in [1.29, 1.82) is 0 Å². The third-order valence-electron chi connectivity index (χ3n) is 2.96. The molecular weight excluding hydrogens is 308 g/mol. The Bertz CT molecular complexity index is 554. The predicted molar refractivity (Wildman–Crippen MR) is 77.0 cm³/mol. The third-order valence-corrected chi connectivity index (χ3v) is 3.57. The fraction of sp³-hybridized carbons (Fsp3) is 0.357. The molecule has 1 aromatic heterocycles. The van der Waals surface area contributed by atoms with Crippen molar-refractivity contribution in [2.75, 3.05) is 13.7 Å². The SMILES string of the molecule is COCCn1ncc(Br)c1C(O)c1cccc(C)c1. The number of aliphatic hydroxyl groups excluding tert-OH is 1. The van der Waals surface area contributed by atoms with Crippen molar-refractivity contribution in [2.45, 2.75) is 19.6 Å². The lowest BCUT2D eigenvalue weighted by atomic mass is 10.0. The van der Waals surface area contributed by atoms with Gasteiger partial charge in [0.1, 0.15) is 6.10 Å². The molecule has 1 atom stereocenters. The van der Waals surface area contributed by atoms with Gasteiger partial charge in [0, 0.05) is 7.11 Å². The van der Waals surface area contributed by atoms with Crippen molar-refractivity contribution in [1.82, 2.24) is 9.78 Å². The molecule has 0 saturated carbocycles. The number of aryl methyl sites for hydroxylation is 1. The van der Waals surface area contributed by atoms with Gasteiger partial charge in [0.15, 0.2) is 0 Å². The second-order valence-electron chi connectivity index (χ2n) is 4.41. The van der Waals surface area contributed by atoms with E-state index in [-0.39, 0.29) is 0 Å². The number of nitrogens with zero attached hydrogens (tertiary/aromatic N) is 2. The van der Waals surface area contributed by atoms with Gasteiger partial charge >= 0.3 is 0 Å². The molecule has 0 amide bonds. The summed E-state index contributed by atoms with van der Waals surface area (Å²) in [4.78, 5) is 0. The highest BCUT2D eigenvalue weighted by atomic mass is 79.9. The molecule has 0 aliphatic rings. The van der Waals surface area contributed by atoms with Crippen molar-refractivity contribution in [3.8, 4) is 0 Å². The first kappa shape index (κ1) is 14.2. The Balaban J connectivity index is 2.32. The summed E-state index contributed by atoms with van der Waals surface area (Å²) >= 11 is 3.44. The molecule has 0 aliphatic heterocycles. The first-order chi connectivity index (χ1) is 9.13. The van der Waals surface area contributed by atoms with Gasteiger partial charge in [-0.1, -0.05) is 29.8 Å². The molecule has 0 bridgehead atoms. The Labute approximate surface area is 121 Å². The molecular formula is C14H17BrN2O2. The molecule has 5 heteroatoms. The Morgan fingerprint density at radius 2 is 2.26 bits per heavy atom. The normalized spacial score (nSPS) is 12.6. The van der Waals surface area contributed by atoms with Crippen LogP contribution in [0.3, 0.4) is 0 Å². The van der Waals surface area contributed by atoms with Gasteiger partial charge in [-0.3, -0.25) is 4.68 Å². The zero-order valence-corrected chi connectivity index (χ0v) is 12.6. The fourth-order valence-electron chi connectivity index (χ4n) is 2.00. The molecule has 0 fully saturated rings. The van der Waals surface area contributed by atoms with Crippen LogP contribution in [-0.2, 0) is 11.3 Å². The quantitative estimate of drug-likeness (QED) is 0.919. The number of methoxy groups -OCH3 is 1. The molecule has 1 unspecified atom stereocenters. The average Bonchev–Trinajstić information content (AvgIpc) is 2.76. The van der Waals surface area contributed by atoms with Gasteiger partial charge in [0.05, 0.1) is 29.5 Å². The van der Waals surface area contributed by atoms with E-state index in [1.807, 2.05) is 31.2 Å². The van der Waals surface area contributed by atoms with Crippen LogP contribution < -0.4 is 0 Å². The largest absolute Gasteiger partial charge is 0.383 e. The highest BCUT2D eigenvalue weighted by Crippen LogP contribution is 2.28.